The number of halogens is 1. The number of hydrogen-bond donors (Lipinski definition) is 1. The van der Waals surface area contributed by atoms with E-state index in [0.29, 0.717) is 17.2 Å². The van der Waals surface area contributed by atoms with Gasteiger partial charge in [0.05, 0.1) is 24.6 Å². The van der Waals surface area contributed by atoms with E-state index in [1.165, 1.54) is 0 Å². The van der Waals surface area contributed by atoms with Crippen LogP contribution in [0.2, 0.25) is 5.02 Å². The molecular formula is C15H17ClN2O2. The lowest BCUT2D eigenvalue weighted by atomic mass is 10.00. The molecule has 0 aliphatic heterocycles. The van der Waals surface area contributed by atoms with Gasteiger partial charge < -0.3 is 9.84 Å². The number of aliphatic hydroxyl groups excluding tert-OH is 1. The minimum absolute atomic E-state index is 0.412. The van der Waals surface area contributed by atoms with Crippen LogP contribution >= 0.6 is 11.6 Å². The fraction of sp³-hybridized carbons (Fsp3) is 0.333. The number of aromatic nitrogens is 2. The van der Waals surface area contributed by atoms with Gasteiger partial charge in [-0.05, 0) is 43.7 Å². The van der Waals surface area contributed by atoms with Crippen LogP contribution in [0.1, 0.15) is 28.6 Å². The van der Waals surface area contributed by atoms with Crippen molar-refractivity contribution >= 4 is 11.6 Å². The predicted octanol–water partition coefficient (Wildman–Crippen LogP) is 3.03. The SMILES string of the molecule is COc1ccc(Cl)cc1CC(O)c1cc(C)nnc1C. The minimum Gasteiger partial charge on any atom is -0.496 e. The third-order valence-electron chi connectivity index (χ3n) is 3.15. The number of aryl methyl sites for hydroxylation is 2. The summed E-state index contributed by atoms with van der Waals surface area (Å²) in [4.78, 5) is 0. The fourth-order valence-corrected chi connectivity index (χ4v) is 2.33. The van der Waals surface area contributed by atoms with Crippen molar-refractivity contribution in [3.05, 3.63) is 51.8 Å². The molecule has 1 heterocycles. The number of rotatable bonds is 4. The first-order valence-corrected chi connectivity index (χ1v) is 6.70. The number of methoxy groups -OCH3 is 1. The summed E-state index contributed by atoms with van der Waals surface area (Å²) in [5, 5.41) is 19.0. The zero-order valence-corrected chi connectivity index (χ0v) is 12.5. The van der Waals surface area contributed by atoms with Crippen molar-refractivity contribution in [3.8, 4) is 5.75 Å². The molecule has 2 rings (SSSR count). The Morgan fingerprint density at radius 2 is 2.00 bits per heavy atom. The normalized spacial score (nSPS) is 12.2. The highest BCUT2D eigenvalue weighted by atomic mass is 35.5. The summed E-state index contributed by atoms with van der Waals surface area (Å²) in [5.41, 5.74) is 3.15. The first kappa shape index (κ1) is 14.8. The average molecular weight is 293 g/mol. The summed E-state index contributed by atoms with van der Waals surface area (Å²) in [6, 6.07) is 7.22. The molecule has 1 atom stereocenters. The largest absolute Gasteiger partial charge is 0.496 e. The molecule has 106 valence electrons. The van der Waals surface area contributed by atoms with Gasteiger partial charge in [0.25, 0.3) is 0 Å². The molecule has 0 amide bonds. The predicted molar refractivity (Wildman–Crippen MR) is 78.2 cm³/mol. The molecule has 0 spiro atoms. The summed E-state index contributed by atoms with van der Waals surface area (Å²) in [6.45, 7) is 3.68. The van der Waals surface area contributed by atoms with Crippen molar-refractivity contribution in [2.24, 2.45) is 0 Å². The zero-order chi connectivity index (χ0) is 14.7. The van der Waals surface area contributed by atoms with Gasteiger partial charge in [0.15, 0.2) is 0 Å². The highest BCUT2D eigenvalue weighted by molar-refractivity contribution is 6.30. The number of hydrogen-bond acceptors (Lipinski definition) is 4. The van der Waals surface area contributed by atoms with Crippen molar-refractivity contribution in [3.63, 3.8) is 0 Å². The molecule has 1 unspecified atom stereocenters. The maximum Gasteiger partial charge on any atom is 0.122 e. The Hall–Kier alpha value is -1.65. The molecule has 0 aliphatic carbocycles. The Morgan fingerprint density at radius 3 is 2.70 bits per heavy atom. The standard InChI is InChI=1S/C15H17ClN2O2/c1-9-6-13(10(2)18-17-9)14(19)8-11-7-12(16)4-5-15(11)20-3/h4-7,14,19H,8H2,1-3H3. The van der Waals surface area contributed by atoms with E-state index in [4.69, 9.17) is 16.3 Å². The van der Waals surface area contributed by atoms with E-state index >= 15 is 0 Å². The Labute approximate surface area is 123 Å². The van der Waals surface area contributed by atoms with Crippen LogP contribution in [0.4, 0.5) is 0 Å². The van der Waals surface area contributed by atoms with E-state index in [1.807, 2.05) is 19.9 Å². The summed E-state index contributed by atoms with van der Waals surface area (Å²) in [5.74, 6) is 0.713. The second kappa shape index (κ2) is 6.20. The molecule has 1 aromatic heterocycles. The van der Waals surface area contributed by atoms with E-state index in [2.05, 4.69) is 10.2 Å². The lowest BCUT2D eigenvalue weighted by Gasteiger charge is -2.15. The third-order valence-corrected chi connectivity index (χ3v) is 3.39. The fourth-order valence-electron chi connectivity index (χ4n) is 2.13. The van der Waals surface area contributed by atoms with Crippen molar-refractivity contribution in [1.29, 1.82) is 0 Å². The monoisotopic (exact) mass is 292 g/mol. The Bertz CT molecular complexity index is 617. The topological polar surface area (TPSA) is 55.2 Å². The lowest BCUT2D eigenvalue weighted by Crippen LogP contribution is -2.08. The van der Waals surface area contributed by atoms with Crippen molar-refractivity contribution < 1.29 is 9.84 Å². The van der Waals surface area contributed by atoms with Gasteiger partial charge in [-0.15, -0.1) is 0 Å². The molecule has 0 bridgehead atoms. The number of nitrogens with zero attached hydrogens (tertiary/aromatic N) is 2. The zero-order valence-electron chi connectivity index (χ0n) is 11.7. The van der Waals surface area contributed by atoms with Gasteiger partial charge in [-0.1, -0.05) is 11.6 Å². The number of benzene rings is 1. The first-order valence-electron chi connectivity index (χ1n) is 6.32. The molecule has 0 radical (unpaired) electrons. The van der Waals surface area contributed by atoms with Crippen LogP contribution in [0.3, 0.4) is 0 Å². The second-order valence-corrected chi connectivity index (χ2v) is 5.14. The van der Waals surface area contributed by atoms with Gasteiger partial charge in [0.2, 0.25) is 0 Å². The van der Waals surface area contributed by atoms with Gasteiger partial charge >= 0.3 is 0 Å². The molecule has 0 saturated heterocycles. The molecular weight excluding hydrogens is 276 g/mol. The quantitative estimate of drug-likeness (QED) is 0.941. The van der Waals surface area contributed by atoms with Gasteiger partial charge in [0, 0.05) is 17.0 Å². The minimum atomic E-state index is -0.670. The summed E-state index contributed by atoms with van der Waals surface area (Å²) >= 11 is 6.00. The van der Waals surface area contributed by atoms with E-state index in [-0.39, 0.29) is 0 Å². The van der Waals surface area contributed by atoms with Crippen LogP contribution in [0.15, 0.2) is 24.3 Å². The molecule has 4 nitrogen and oxygen atoms in total. The van der Waals surface area contributed by atoms with Gasteiger partial charge in [0.1, 0.15) is 5.75 Å². The summed E-state index contributed by atoms with van der Waals surface area (Å²) in [6.07, 6.45) is -0.257. The van der Waals surface area contributed by atoms with Crippen molar-refractivity contribution in [1.82, 2.24) is 10.2 Å². The smallest absolute Gasteiger partial charge is 0.122 e. The third kappa shape index (κ3) is 3.26. The van der Waals surface area contributed by atoms with E-state index in [9.17, 15) is 5.11 Å². The van der Waals surface area contributed by atoms with Crippen LogP contribution in [-0.4, -0.2) is 22.4 Å². The number of ether oxygens (including phenoxy) is 1. The average Bonchev–Trinajstić information content (AvgIpc) is 2.41. The molecule has 20 heavy (non-hydrogen) atoms. The van der Waals surface area contributed by atoms with Crippen LogP contribution in [0.5, 0.6) is 5.75 Å². The Kier molecular flexibility index (Phi) is 4.57. The maximum atomic E-state index is 10.4. The molecule has 0 saturated carbocycles. The van der Waals surface area contributed by atoms with E-state index in [0.717, 1.165) is 22.5 Å². The lowest BCUT2D eigenvalue weighted by molar-refractivity contribution is 0.175. The summed E-state index contributed by atoms with van der Waals surface area (Å²) < 4.78 is 5.29. The van der Waals surface area contributed by atoms with Crippen molar-refractivity contribution in [2.45, 2.75) is 26.4 Å². The highest BCUT2D eigenvalue weighted by Crippen LogP contribution is 2.28. The molecule has 5 heteroatoms. The molecule has 1 aromatic carbocycles. The van der Waals surface area contributed by atoms with E-state index < -0.39 is 6.10 Å². The van der Waals surface area contributed by atoms with Crippen molar-refractivity contribution in [2.75, 3.05) is 7.11 Å². The molecule has 2 aromatic rings. The first-order chi connectivity index (χ1) is 9.51. The Balaban J connectivity index is 2.29. The Morgan fingerprint density at radius 1 is 1.25 bits per heavy atom. The maximum absolute atomic E-state index is 10.4. The van der Waals surface area contributed by atoms with Gasteiger partial charge in [-0.3, -0.25) is 0 Å². The van der Waals surface area contributed by atoms with E-state index in [1.54, 1.807) is 25.3 Å². The van der Waals surface area contributed by atoms with Gasteiger partial charge in [-0.25, -0.2) is 0 Å². The molecule has 0 fully saturated rings. The number of aliphatic hydroxyl groups is 1. The van der Waals surface area contributed by atoms with Crippen LogP contribution < -0.4 is 4.74 Å². The molecule has 1 N–H and O–H groups in total. The second-order valence-electron chi connectivity index (χ2n) is 4.70. The molecule has 0 aliphatic rings. The summed E-state index contributed by atoms with van der Waals surface area (Å²) in [7, 11) is 1.60. The van der Waals surface area contributed by atoms with Crippen LogP contribution in [-0.2, 0) is 6.42 Å². The highest BCUT2D eigenvalue weighted by Gasteiger charge is 2.15. The van der Waals surface area contributed by atoms with Crippen LogP contribution in [0.25, 0.3) is 0 Å². The van der Waals surface area contributed by atoms with Gasteiger partial charge in [-0.2, -0.15) is 10.2 Å². The van der Waals surface area contributed by atoms with Crippen LogP contribution in [0, 0.1) is 13.8 Å².